The number of hydrogen-bond donors (Lipinski definition) is 5. The zero-order chi connectivity index (χ0) is 8.59. The van der Waals surface area contributed by atoms with Crippen LogP contribution in [0.2, 0.25) is 0 Å². The van der Waals surface area contributed by atoms with Crippen molar-refractivity contribution in [2.75, 3.05) is 28.7 Å². The van der Waals surface area contributed by atoms with Crippen LogP contribution in [0.5, 0.6) is 0 Å². The second-order valence-electron chi connectivity index (χ2n) is 2.19. The van der Waals surface area contributed by atoms with Gasteiger partial charge in [-0.05, 0) is 17.1 Å². The molecule has 0 fully saturated rings. The molecule has 6 heteroatoms. The summed E-state index contributed by atoms with van der Waals surface area (Å²) in [6, 6.07) is 2.57. The molecular weight excluding hydrogens is 332 g/mol. The summed E-state index contributed by atoms with van der Waals surface area (Å²) >= 11 is 0. The quantitative estimate of drug-likeness (QED) is 0.317. The zero-order valence-corrected chi connectivity index (χ0v) is 8.78. The Labute approximate surface area is 83.3 Å². The third kappa shape index (κ3) is 1.54. The standard InChI is InChI=1S/C6H10N5.Os/c7-2-1-3(8)5(10)6(11)4(2)9;/h7-11H2;/q-1;+1. The Balaban J connectivity index is 0.00000121. The first-order valence-electron chi connectivity index (χ1n) is 2.94. The Morgan fingerprint density at radius 2 is 1.00 bits per heavy atom. The van der Waals surface area contributed by atoms with E-state index in [0.717, 1.165) is 0 Å². The van der Waals surface area contributed by atoms with Crippen molar-refractivity contribution >= 4 is 28.4 Å². The Morgan fingerprint density at radius 3 is 1.33 bits per heavy atom. The maximum absolute atomic E-state index is 5.45. The SMILES string of the molecule is Nc1[c-]c(N)c(N)c(N)c1N.[Os+]. The van der Waals surface area contributed by atoms with Gasteiger partial charge < -0.3 is 28.7 Å². The van der Waals surface area contributed by atoms with Gasteiger partial charge in [0.1, 0.15) is 0 Å². The second kappa shape index (κ2) is 3.50. The summed E-state index contributed by atoms with van der Waals surface area (Å²) in [4.78, 5) is 0. The first-order chi connectivity index (χ1) is 5.04. The van der Waals surface area contributed by atoms with Gasteiger partial charge in [-0.25, -0.2) is 0 Å². The summed E-state index contributed by atoms with van der Waals surface area (Å²) in [7, 11) is 0. The summed E-state index contributed by atoms with van der Waals surface area (Å²) in [5.74, 6) is 0. The zero-order valence-electron chi connectivity index (χ0n) is 6.24. The molecule has 0 aromatic heterocycles. The predicted molar refractivity (Wildman–Crippen MR) is 47.3 cm³/mol. The van der Waals surface area contributed by atoms with Crippen molar-refractivity contribution < 1.29 is 19.8 Å². The minimum atomic E-state index is 0. The summed E-state index contributed by atoms with van der Waals surface area (Å²) in [6.45, 7) is 0. The molecule has 0 aliphatic heterocycles. The van der Waals surface area contributed by atoms with E-state index in [1.54, 1.807) is 0 Å². The van der Waals surface area contributed by atoms with Crippen molar-refractivity contribution in [2.24, 2.45) is 0 Å². The molecule has 10 N–H and O–H groups in total. The molecule has 5 nitrogen and oxygen atoms in total. The number of nitrogens with two attached hydrogens (primary N) is 5. The molecular formula is C6H10N5Os. The van der Waals surface area contributed by atoms with Crippen LogP contribution in [0.25, 0.3) is 0 Å². The van der Waals surface area contributed by atoms with Gasteiger partial charge in [-0.2, -0.15) is 0 Å². The van der Waals surface area contributed by atoms with E-state index in [1.807, 2.05) is 0 Å². The number of hydrogen-bond acceptors (Lipinski definition) is 5. The van der Waals surface area contributed by atoms with Crippen LogP contribution in [0, 0.1) is 6.07 Å². The van der Waals surface area contributed by atoms with Gasteiger partial charge in [0.15, 0.2) is 0 Å². The summed E-state index contributed by atoms with van der Waals surface area (Å²) < 4.78 is 0. The van der Waals surface area contributed by atoms with Crippen molar-refractivity contribution in [2.45, 2.75) is 0 Å². The molecule has 12 heavy (non-hydrogen) atoms. The van der Waals surface area contributed by atoms with Crippen LogP contribution in [-0.2, 0) is 19.8 Å². The maximum Gasteiger partial charge on any atom is 1.00 e. The van der Waals surface area contributed by atoms with Gasteiger partial charge in [-0.3, -0.25) is 0 Å². The van der Waals surface area contributed by atoms with E-state index in [4.69, 9.17) is 28.7 Å². The summed E-state index contributed by atoms with van der Waals surface area (Å²) in [6.07, 6.45) is 0. The molecule has 0 heterocycles. The number of rotatable bonds is 0. The topological polar surface area (TPSA) is 130 Å². The average Bonchev–Trinajstić information content (AvgIpc) is 1.97. The fourth-order valence-corrected chi connectivity index (χ4v) is 0.715. The molecule has 0 saturated carbocycles. The van der Waals surface area contributed by atoms with Crippen molar-refractivity contribution in [1.82, 2.24) is 0 Å². The van der Waals surface area contributed by atoms with E-state index in [2.05, 4.69) is 6.07 Å². The molecule has 0 spiro atoms. The molecule has 0 saturated heterocycles. The van der Waals surface area contributed by atoms with Crippen LogP contribution in [0.15, 0.2) is 0 Å². The largest absolute Gasteiger partial charge is 1.00 e. The van der Waals surface area contributed by atoms with Crippen LogP contribution in [-0.4, -0.2) is 0 Å². The number of nitrogen functional groups attached to an aromatic ring is 5. The minimum Gasteiger partial charge on any atom is -0.446 e. The molecule has 1 rings (SSSR count). The Kier molecular flexibility index (Phi) is 3.17. The van der Waals surface area contributed by atoms with E-state index in [0.29, 0.717) is 0 Å². The molecule has 0 bridgehead atoms. The van der Waals surface area contributed by atoms with Crippen LogP contribution in [0.4, 0.5) is 28.4 Å². The molecule has 1 aromatic carbocycles. The molecule has 1 radical (unpaired) electrons. The van der Waals surface area contributed by atoms with Gasteiger partial charge in [-0.1, -0.05) is 11.4 Å². The second-order valence-corrected chi connectivity index (χ2v) is 2.19. The van der Waals surface area contributed by atoms with Crippen molar-refractivity contribution in [1.29, 1.82) is 0 Å². The smallest absolute Gasteiger partial charge is 0.446 e. The van der Waals surface area contributed by atoms with Gasteiger partial charge in [0.05, 0.1) is 0 Å². The van der Waals surface area contributed by atoms with Gasteiger partial charge in [0.25, 0.3) is 0 Å². The summed E-state index contributed by atoms with van der Waals surface area (Å²) in [5, 5.41) is 0. The Morgan fingerprint density at radius 1 is 0.667 bits per heavy atom. The van der Waals surface area contributed by atoms with Gasteiger partial charge in [0.2, 0.25) is 0 Å². The van der Waals surface area contributed by atoms with E-state index in [1.165, 1.54) is 0 Å². The maximum atomic E-state index is 5.45. The van der Waals surface area contributed by atoms with Gasteiger partial charge in [0, 0.05) is 0 Å². The molecule has 0 aliphatic carbocycles. The molecule has 0 unspecified atom stereocenters. The monoisotopic (exact) mass is 344 g/mol. The van der Waals surface area contributed by atoms with E-state index < -0.39 is 0 Å². The van der Waals surface area contributed by atoms with Crippen molar-refractivity contribution in [3.05, 3.63) is 6.07 Å². The molecule has 0 amide bonds. The van der Waals surface area contributed by atoms with Crippen LogP contribution in [0.1, 0.15) is 0 Å². The Bertz CT molecular complexity index is 272. The molecule has 0 aliphatic rings. The van der Waals surface area contributed by atoms with E-state index >= 15 is 0 Å². The van der Waals surface area contributed by atoms with Crippen molar-refractivity contribution in [3.63, 3.8) is 0 Å². The normalized spacial score (nSPS) is 9.00. The third-order valence-electron chi connectivity index (χ3n) is 1.43. The van der Waals surface area contributed by atoms with Gasteiger partial charge in [-0.15, -0.1) is 6.07 Å². The molecule has 1 aromatic rings. The van der Waals surface area contributed by atoms with Crippen molar-refractivity contribution in [3.8, 4) is 0 Å². The van der Waals surface area contributed by atoms with Crippen LogP contribution in [0.3, 0.4) is 0 Å². The van der Waals surface area contributed by atoms with Gasteiger partial charge >= 0.3 is 19.8 Å². The van der Waals surface area contributed by atoms with Crippen LogP contribution >= 0.6 is 0 Å². The average molecular weight is 342 g/mol. The van der Waals surface area contributed by atoms with E-state index in [-0.39, 0.29) is 48.2 Å². The molecule has 67 valence electrons. The minimum absolute atomic E-state index is 0. The number of anilines is 5. The fourth-order valence-electron chi connectivity index (χ4n) is 0.715. The number of benzene rings is 1. The first kappa shape index (κ1) is 10.9. The first-order valence-corrected chi connectivity index (χ1v) is 2.94. The predicted octanol–water partition coefficient (Wildman–Crippen LogP) is -0.605. The molecule has 0 atom stereocenters. The van der Waals surface area contributed by atoms with Crippen LogP contribution < -0.4 is 28.7 Å². The fraction of sp³-hybridized carbons (Fsp3) is 0. The third-order valence-corrected chi connectivity index (χ3v) is 1.43. The summed E-state index contributed by atoms with van der Waals surface area (Å²) in [5.41, 5.74) is 28.3. The van der Waals surface area contributed by atoms with E-state index in [9.17, 15) is 0 Å². The Hall–Kier alpha value is -1.14.